The Bertz CT molecular complexity index is 398. The third-order valence-electron chi connectivity index (χ3n) is 2.97. The summed E-state index contributed by atoms with van der Waals surface area (Å²) in [6, 6.07) is 10.2. The highest BCUT2D eigenvalue weighted by atomic mass is 16.4. The number of hydrogen-bond acceptors (Lipinski definition) is 2. The molecule has 2 N–H and O–H groups in total. The van der Waals surface area contributed by atoms with Gasteiger partial charge >= 0.3 is 5.97 Å². The lowest BCUT2D eigenvalue weighted by Gasteiger charge is -2.31. The lowest BCUT2D eigenvalue weighted by molar-refractivity contribution is -0.871. The topological polar surface area (TPSA) is 49.3 Å². The predicted octanol–water partition coefficient (Wildman–Crippen LogP) is 1.89. The van der Waals surface area contributed by atoms with Gasteiger partial charge in [0, 0.05) is 6.04 Å². The van der Waals surface area contributed by atoms with Crippen molar-refractivity contribution < 1.29 is 14.4 Å². The standard InChI is InChI=1S/C15H24N2O2/c1-12(13-8-6-5-7-9-13)16-14(10-15(18)19)11-17(2,3)4/h5-9,12,14,16H,10-11H2,1-4H3/p+1/t12-,14-/m1/s1. The molecule has 0 amide bonds. The minimum atomic E-state index is -0.758. The zero-order valence-electron chi connectivity index (χ0n) is 12.3. The zero-order valence-corrected chi connectivity index (χ0v) is 12.3. The van der Waals surface area contributed by atoms with Gasteiger partial charge in [-0.3, -0.25) is 4.79 Å². The summed E-state index contributed by atoms with van der Waals surface area (Å²) >= 11 is 0. The second-order valence-electron chi connectivity index (χ2n) is 6.07. The minimum absolute atomic E-state index is 0.0345. The molecular formula is C15H25N2O2+. The lowest BCUT2D eigenvalue weighted by Crippen LogP contribution is -2.48. The summed E-state index contributed by atoms with van der Waals surface area (Å²) in [7, 11) is 6.22. The number of carboxylic acids is 1. The van der Waals surface area contributed by atoms with E-state index in [1.165, 1.54) is 5.56 Å². The van der Waals surface area contributed by atoms with E-state index in [2.05, 4.69) is 45.5 Å². The largest absolute Gasteiger partial charge is 0.481 e. The van der Waals surface area contributed by atoms with Crippen LogP contribution in [0.1, 0.15) is 24.9 Å². The van der Waals surface area contributed by atoms with Crippen LogP contribution in [0.15, 0.2) is 30.3 Å². The van der Waals surface area contributed by atoms with Crippen LogP contribution in [-0.2, 0) is 4.79 Å². The van der Waals surface area contributed by atoms with Crippen LogP contribution in [-0.4, -0.2) is 49.3 Å². The number of hydrogen-bond donors (Lipinski definition) is 2. The van der Waals surface area contributed by atoms with Crippen LogP contribution in [0, 0.1) is 0 Å². The number of carbonyl (C=O) groups is 1. The molecule has 0 unspecified atom stereocenters. The van der Waals surface area contributed by atoms with Crippen LogP contribution in [0.25, 0.3) is 0 Å². The molecule has 0 aromatic heterocycles. The van der Waals surface area contributed by atoms with Gasteiger partial charge in [0.15, 0.2) is 0 Å². The number of aliphatic carboxylic acids is 1. The maximum absolute atomic E-state index is 11.0. The van der Waals surface area contributed by atoms with Crippen molar-refractivity contribution in [3.63, 3.8) is 0 Å². The third kappa shape index (κ3) is 6.36. The Labute approximate surface area is 115 Å². The van der Waals surface area contributed by atoms with Crippen molar-refractivity contribution in [2.75, 3.05) is 27.7 Å². The summed E-state index contributed by atoms with van der Waals surface area (Å²) in [5.74, 6) is -0.758. The molecule has 0 aliphatic rings. The first-order chi connectivity index (χ1) is 8.78. The van der Waals surface area contributed by atoms with E-state index in [0.717, 1.165) is 11.0 Å². The molecule has 0 heterocycles. The van der Waals surface area contributed by atoms with Crippen molar-refractivity contribution in [1.29, 1.82) is 0 Å². The monoisotopic (exact) mass is 265 g/mol. The molecule has 4 heteroatoms. The third-order valence-corrected chi connectivity index (χ3v) is 2.97. The fourth-order valence-corrected chi connectivity index (χ4v) is 2.24. The Balaban J connectivity index is 2.68. The molecule has 0 aliphatic carbocycles. The minimum Gasteiger partial charge on any atom is -0.481 e. The molecule has 1 aromatic carbocycles. The molecule has 1 aromatic rings. The fourth-order valence-electron chi connectivity index (χ4n) is 2.24. The summed E-state index contributed by atoms with van der Waals surface area (Å²) in [5, 5.41) is 12.4. The number of nitrogens with one attached hydrogen (secondary N) is 1. The second kappa shape index (κ2) is 6.68. The number of rotatable bonds is 7. The normalized spacial score (nSPS) is 14.9. The van der Waals surface area contributed by atoms with Crippen LogP contribution >= 0.6 is 0 Å². The Hall–Kier alpha value is -1.39. The maximum atomic E-state index is 11.0. The highest BCUT2D eigenvalue weighted by Gasteiger charge is 2.22. The second-order valence-corrected chi connectivity index (χ2v) is 6.07. The first-order valence-corrected chi connectivity index (χ1v) is 6.61. The zero-order chi connectivity index (χ0) is 14.5. The number of likely N-dealkylation sites (N-methyl/N-ethyl adjacent to an activating group) is 1. The highest BCUT2D eigenvalue weighted by Crippen LogP contribution is 2.13. The smallest absolute Gasteiger partial charge is 0.305 e. The van der Waals surface area contributed by atoms with Gasteiger partial charge in [-0.2, -0.15) is 0 Å². The van der Waals surface area contributed by atoms with Crippen LogP contribution in [0.4, 0.5) is 0 Å². The SMILES string of the molecule is C[C@@H](N[C@H](CC(=O)O)C[N+](C)(C)C)c1ccccc1. The van der Waals surface area contributed by atoms with E-state index in [1.54, 1.807) is 0 Å². The first-order valence-electron chi connectivity index (χ1n) is 6.61. The fraction of sp³-hybridized carbons (Fsp3) is 0.533. The van der Waals surface area contributed by atoms with Gasteiger partial charge in [-0.05, 0) is 12.5 Å². The molecule has 19 heavy (non-hydrogen) atoms. The van der Waals surface area contributed by atoms with E-state index in [4.69, 9.17) is 5.11 Å². The molecule has 0 aliphatic heterocycles. The number of benzene rings is 1. The van der Waals surface area contributed by atoms with Crippen LogP contribution in [0.2, 0.25) is 0 Å². The lowest BCUT2D eigenvalue weighted by atomic mass is 10.1. The Morgan fingerprint density at radius 1 is 1.26 bits per heavy atom. The van der Waals surface area contributed by atoms with E-state index < -0.39 is 5.97 Å². The van der Waals surface area contributed by atoms with Gasteiger partial charge < -0.3 is 14.9 Å². The molecule has 1 rings (SSSR count). The molecule has 0 bridgehead atoms. The summed E-state index contributed by atoms with van der Waals surface area (Å²) in [6.07, 6.45) is 0.146. The Morgan fingerprint density at radius 2 is 1.84 bits per heavy atom. The van der Waals surface area contributed by atoms with Crippen molar-refractivity contribution in [3.05, 3.63) is 35.9 Å². The van der Waals surface area contributed by atoms with Crippen molar-refractivity contribution in [2.45, 2.75) is 25.4 Å². The number of quaternary nitrogens is 1. The van der Waals surface area contributed by atoms with Gasteiger partial charge in [0.05, 0.1) is 40.2 Å². The molecule has 4 nitrogen and oxygen atoms in total. The van der Waals surface area contributed by atoms with E-state index in [9.17, 15) is 4.79 Å². The summed E-state index contributed by atoms with van der Waals surface area (Å²) in [6.45, 7) is 2.85. The highest BCUT2D eigenvalue weighted by molar-refractivity contribution is 5.67. The molecule has 0 spiro atoms. The van der Waals surface area contributed by atoms with E-state index >= 15 is 0 Å². The van der Waals surface area contributed by atoms with Crippen LogP contribution in [0.3, 0.4) is 0 Å². The first kappa shape index (κ1) is 15.7. The summed E-state index contributed by atoms with van der Waals surface area (Å²) in [4.78, 5) is 11.0. The average Bonchev–Trinajstić information content (AvgIpc) is 2.26. The maximum Gasteiger partial charge on any atom is 0.305 e. The van der Waals surface area contributed by atoms with E-state index in [-0.39, 0.29) is 18.5 Å². The van der Waals surface area contributed by atoms with Gasteiger partial charge in [-0.1, -0.05) is 30.3 Å². The molecule has 106 valence electrons. The van der Waals surface area contributed by atoms with Gasteiger partial charge in [-0.15, -0.1) is 0 Å². The Kier molecular flexibility index (Phi) is 5.51. The van der Waals surface area contributed by atoms with Gasteiger partial charge in [-0.25, -0.2) is 0 Å². The van der Waals surface area contributed by atoms with Crippen LogP contribution < -0.4 is 5.32 Å². The number of carboxylic acid groups (broad SMARTS) is 1. The quantitative estimate of drug-likeness (QED) is 0.740. The van der Waals surface area contributed by atoms with E-state index in [0.29, 0.717) is 0 Å². The molecule has 0 saturated heterocycles. The van der Waals surface area contributed by atoms with Crippen molar-refractivity contribution in [2.24, 2.45) is 0 Å². The molecule has 0 radical (unpaired) electrons. The van der Waals surface area contributed by atoms with Crippen molar-refractivity contribution >= 4 is 5.97 Å². The summed E-state index contributed by atoms with van der Waals surface area (Å²) < 4.78 is 0.743. The Morgan fingerprint density at radius 3 is 2.32 bits per heavy atom. The molecule has 0 saturated carbocycles. The van der Waals surface area contributed by atoms with Crippen LogP contribution in [0.5, 0.6) is 0 Å². The van der Waals surface area contributed by atoms with Crippen molar-refractivity contribution in [1.82, 2.24) is 5.32 Å². The predicted molar refractivity (Wildman–Crippen MR) is 76.9 cm³/mol. The summed E-state index contributed by atoms with van der Waals surface area (Å²) in [5.41, 5.74) is 1.18. The van der Waals surface area contributed by atoms with Gasteiger partial charge in [0.2, 0.25) is 0 Å². The molecule has 0 fully saturated rings. The average molecular weight is 265 g/mol. The molecule has 2 atom stereocenters. The van der Waals surface area contributed by atoms with Gasteiger partial charge in [0.1, 0.15) is 0 Å². The number of nitrogens with zero attached hydrogens (tertiary/aromatic N) is 1. The van der Waals surface area contributed by atoms with Gasteiger partial charge in [0.25, 0.3) is 0 Å². The van der Waals surface area contributed by atoms with E-state index in [1.807, 2.05) is 18.2 Å². The van der Waals surface area contributed by atoms with Crippen molar-refractivity contribution in [3.8, 4) is 0 Å². The molecular weight excluding hydrogens is 240 g/mol.